The minimum absolute atomic E-state index is 0.858. The third-order valence-corrected chi connectivity index (χ3v) is 8.68. The van der Waals surface area contributed by atoms with Crippen LogP contribution in [0.2, 0.25) is 0 Å². The maximum absolute atomic E-state index is 6.34. The normalized spacial score (nSPS) is 11.6. The van der Waals surface area contributed by atoms with E-state index in [9.17, 15) is 0 Å². The first-order chi connectivity index (χ1) is 22.3. The fourth-order valence-electron chi connectivity index (χ4n) is 6.51. The molecule has 0 aliphatic rings. The van der Waals surface area contributed by atoms with Crippen LogP contribution in [0, 0.1) is 0 Å². The largest absolute Gasteiger partial charge is 0.456 e. The summed E-state index contributed by atoms with van der Waals surface area (Å²) in [5.41, 5.74) is 12.5. The predicted molar refractivity (Wildman–Crippen MR) is 187 cm³/mol. The van der Waals surface area contributed by atoms with Gasteiger partial charge < -0.3 is 14.2 Å². The molecule has 0 atom stereocenters. The molecule has 0 amide bonds. The van der Waals surface area contributed by atoms with E-state index in [1.807, 2.05) is 30.3 Å². The van der Waals surface area contributed by atoms with Gasteiger partial charge in [0.2, 0.25) is 0 Å². The second kappa shape index (κ2) is 10.3. The van der Waals surface area contributed by atoms with Crippen LogP contribution in [0.4, 0.5) is 11.4 Å². The molecule has 0 radical (unpaired) electrons. The molecular weight excluding hydrogens is 550 g/mol. The van der Waals surface area contributed by atoms with Crippen LogP contribution in [0.15, 0.2) is 167 Å². The molecule has 0 spiro atoms. The quantitative estimate of drug-likeness (QED) is 0.221. The molecule has 3 heteroatoms. The standard InChI is InChI=1S/C42H27NO2/c1-3-9-27(10-4-1)29-17-19-30(20-18-29)33-13-7-15-39-41(33)35-26-32(22-24-38(35)44-39)43-36-14-8-16-40-42(36)34-25-31(21-23-37(34)45-40)28-11-5-2-6-12-28/h1-26,43H. The Labute approximate surface area is 260 Å². The van der Waals surface area contributed by atoms with Crippen molar-refractivity contribution in [3.8, 4) is 33.4 Å². The van der Waals surface area contributed by atoms with E-state index in [2.05, 4.69) is 133 Å². The smallest absolute Gasteiger partial charge is 0.137 e. The van der Waals surface area contributed by atoms with Crippen molar-refractivity contribution in [3.05, 3.63) is 158 Å². The molecule has 0 fully saturated rings. The van der Waals surface area contributed by atoms with Gasteiger partial charge in [-0.05, 0) is 81.9 Å². The first-order valence-corrected chi connectivity index (χ1v) is 15.2. The van der Waals surface area contributed by atoms with Gasteiger partial charge >= 0.3 is 0 Å². The van der Waals surface area contributed by atoms with Crippen LogP contribution in [0.1, 0.15) is 0 Å². The fraction of sp³-hybridized carbons (Fsp3) is 0. The van der Waals surface area contributed by atoms with Crippen molar-refractivity contribution in [2.45, 2.75) is 0 Å². The molecular formula is C42H27NO2. The molecule has 45 heavy (non-hydrogen) atoms. The van der Waals surface area contributed by atoms with Gasteiger partial charge in [-0.1, -0.05) is 109 Å². The van der Waals surface area contributed by atoms with Crippen molar-refractivity contribution < 1.29 is 8.83 Å². The van der Waals surface area contributed by atoms with Crippen LogP contribution in [-0.4, -0.2) is 0 Å². The highest BCUT2D eigenvalue weighted by molar-refractivity contribution is 6.15. The zero-order chi connectivity index (χ0) is 29.7. The summed E-state index contributed by atoms with van der Waals surface area (Å²) in [7, 11) is 0. The van der Waals surface area contributed by atoms with Gasteiger partial charge in [-0.25, -0.2) is 0 Å². The number of benzene rings is 7. The van der Waals surface area contributed by atoms with Crippen molar-refractivity contribution >= 4 is 55.3 Å². The lowest BCUT2D eigenvalue weighted by Crippen LogP contribution is -1.90. The van der Waals surface area contributed by atoms with E-state index in [0.29, 0.717) is 0 Å². The van der Waals surface area contributed by atoms with Crippen LogP contribution >= 0.6 is 0 Å². The van der Waals surface area contributed by atoms with E-state index in [1.54, 1.807) is 0 Å². The van der Waals surface area contributed by atoms with Crippen molar-refractivity contribution in [1.29, 1.82) is 0 Å². The first kappa shape index (κ1) is 25.4. The summed E-state index contributed by atoms with van der Waals surface area (Å²) in [5, 5.41) is 8.06. The minimum Gasteiger partial charge on any atom is -0.456 e. The molecule has 3 nitrogen and oxygen atoms in total. The van der Waals surface area contributed by atoms with E-state index < -0.39 is 0 Å². The summed E-state index contributed by atoms with van der Waals surface area (Å²) in [5.74, 6) is 0. The number of hydrogen-bond acceptors (Lipinski definition) is 3. The summed E-state index contributed by atoms with van der Waals surface area (Å²) in [4.78, 5) is 0. The molecule has 0 saturated heterocycles. The molecule has 2 aromatic heterocycles. The molecule has 9 aromatic rings. The van der Waals surface area contributed by atoms with E-state index in [0.717, 1.165) is 71.9 Å². The maximum Gasteiger partial charge on any atom is 0.137 e. The van der Waals surface area contributed by atoms with Gasteiger partial charge in [-0.2, -0.15) is 0 Å². The van der Waals surface area contributed by atoms with Crippen molar-refractivity contribution in [1.82, 2.24) is 0 Å². The van der Waals surface area contributed by atoms with Crippen molar-refractivity contribution in [2.24, 2.45) is 0 Å². The number of furan rings is 2. The van der Waals surface area contributed by atoms with E-state index in [-0.39, 0.29) is 0 Å². The highest BCUT2D eigenvalue weighted by atomic mass is 16.3. The first-order valence-electron chi connectivity index (χ1n) is 15.2. The molecule has 7 aromatic carbocycles. The summed E-state index contributed by atoms with van der Waals surface area (Å²) in [6, 6.07) is 54.9. The van der Waals surface area contributed by atoms with Gasteiger partial charge in [0, 0.05) is 21.8 Å². The highest BCUT2D eigenvalue weighted by Gasteiger charge is 2.16. The Morgan fingerprint density at radius 2 is 0.911 bits per heavy atom. The van der Waals surface area contributed by atoms with Crippen molar-refractivity contribution in [3.63, 3.8) is 0 Å². The molecule has 212 valence electrons. The summed E-state index contributed by atoms with van der Waals surface area (Å²) in [6.07, 6.45) is 0. The lowest BCUT2D eigenvalue weighted by atomic mass is 9.97. The van der Waals surface area contributed by atoms with Gasteiger partial charge in [-0.15, -0.1) is 0 Å². The van der Waals surface area contributed by atoms with Gasteiger partial charge in [-0.3, -0.25) is 0 Å². The van der Waals surface area contributed by atoms with Gasteiger partial charge in [0.1, 0.15) is 22.3 Å². The van der Waals surface area contributed by atoms with Gasteiger partial charge in [0.15, 0.2) is 0 Å². The number of hydrogen-bond donors (Lipinski definition) is 1. The predicted octanol–water partition coefficient (Wildman–Crippen LogP) is 12.2. The summed E-state index contributed by atoms with van der Waals surface area (Å²) in [6.45, 7) is 0. The van der Waals surface area contributed by atoms with E-state index in [1.165, 1.54) is 16.7 Å². The third kappa shape index (κ3) is 4.37. The highest BCUT2D eigenvalue weighted by Crippen LogP contribution is 2.41. The maximum atomic E-state index is 6.34. The lowest BCUT2D eigenvalue weighted by molar-refractivity contribution is 0.668. The Morgan fingerprint density at radius 3 is 1.64 bits per heavy atom. The molecule has 0 aliphatic heterocycles. The second-order valence-corrected chi connectivity index (χ2v) is 11.4. The topological polar surface area (TPSA) is 38.3 Å². The zero-order valence-electron chi connectivity index (χ0n) is 24.3. The Hall–Kier alpha value is -6.06. The summed E-state index contributed by atoms with van der Waals surface area (Å²) >= 11 is 0. The third-order valence-electron chi connectivity index (χ3n) is 8.68. The SMILES string of the molecule is c1ccc(-c2ccc(-c3cccc4oc5ccc(Nc6cccc7oc8ccc(-c9ccccc9)cc8c67)cc5c34)cc2)cc1. The zero-order valence-corrected chi connectivity index (χ0v) is 24.3. The van der Waals surface area contributed by atoms with Gasteiger partial charge in [0.05, 0.1) is 11.1 Å². The average Bonchev–Trinajstić information content (AvgIpc) is 3.67. The van der Waals surface area contributed by atoms with Crippen LogP contribution in [0.3, 0.4) is 0 Å². The van der Waals surface area contributed by atoms with Crippen LogP contribution < -0.4 is 5.32 Å². The van der Waals surface area contributed by atoms with Crippen LogP contribution in [-0.2, 0) is 0 Å². The molecule has 0 unspecified atom stereocenters. The monoisotopic (exact) mass is 577 g/mol. The molecule has 1 N–H and O–H groups in total. The van der Waals surface area contributed by atoms with E-state index in [4.69, 9.17) is 8.83 Å². The minimum atomic E-state index is 0.858. The fourth-order valence-corrected chi connectivity index (χ4v) is 6.51. The summed E-state index contributed by atoms with van der Waals surface area (Å²) < 4.78 is 12.6. The Kier molecular flexibility index (Phi) is 5.82. The number of fused-ring (bicyclic) bond motifs is 6. The van der Waals surface area contributed by atoms with Crippen LogP contribution in [0.5, 0.6) is 0 Å². The Bertz CT molecular complexity index is 2490. The Balaban J connectivity index is 1.14. The molecule has 0 aliphatic carbocycles. The van der Waals surface area contributed by atoms with Gasteiger partial charge in [0.25, 0.3) is 0 Å². The Morgan fingerprint density at radius 1 is 0.356 bits per heavy atom. The van der Waals surface area contributed by atoms with E-state index >= 15 is 0 Å². The molecule has 2 heterocycles. The number of nitrogens with one attached hydrogen (secondary N) is 1. The lowest BCUT2D eigenvalue weighted by Gasteiger charge is -2.09. The van der Waals surface area contributed by atoms with Crippen LogP contribution in [0.25, 0.3) is 77.3 Å². The molecule has 0 bridgehead atoms. The average molecular weight is 578 g/mol. The number of anilines is 2. The molecule has 9 rings (SSSR count). The number of rotatable bonds is 5. The second-order valence-electron chi connectivity index (χ2n) is 11.4. The molecule has 0 saturated carbocycles. The van der Waals surface area contributed by atoms with Crippen molar-refractivity contribution in [2.75, 3.05) is 5.32 Å².